The topological polar surface area (TPSA) is 4.44 Å². The van der Waals surface area contributed by atoms with E-state index in [1.54, 1.807) is 10.5 Å². The molecule has 1 N–H and O–H groups in total. The second kappa shape index (κ2) is 8.31. The van der Waals surface area contributed by atoms with Crippen LogP contribution < -0.4 is 4.90 Å². The number of rotatable bonds is 1. The van der Waals surface area contributed by atoms with E-state index >= 15 is 0 Å². The van der Waals surface area contributed by atoms with Gasteiger partial charge in [0.2, 0.25) is 0 Å². The van der Waals surface area contributed by atoms with Crippen molar-refractivity contribution in [3.8, 4) is 0 Å². The van der Waals surface area contributed by atoms with Crippen LogP contribution in [-0.2, 0) is 17.1 Å². The Morgan fingerprint density at radius 1 is 0.944 bits per heavy atom. The molecule has 0 aromatic heterocycles. The third-order valence-corrected chi connectivity index (χ3v) is 3.55. The van der Waals surface area contributed by atoms with E-state index in [1.807, 2.05) is 30.3 Å². The van der Waals surface area contributed by atoms with Crippen molar-refractivity contribution < 1.29 is 22.0 Å². The van der Waals surface area contributed by atoms with Crippen molar-refractivity contribution in [1.29, 1.82) is 0 Å². The summed E-state index contributed by atoms with van der Waals surface area (Å²) in [6.45, 7) is 2.69. The third-order valence-electron chi connectivity index (χ3n) is 3.55. The molecule has 2 heteroatoms. The van der Waals surface area contributed by atoms with Gasteiger partial charge >= 0.3 is 0 Å². The van der Waals surface area contributed by atoms with Gasteiger partial charge in [-0.25, -0.2) is 12.1 Å². The zero-order chi connectivity index (χ0) is 11.9. The van der Waals surface area contributed by atoms with Crippen LogP contribution in [0.4, 0.5) is 0 Å². The molecule has 2 aromatic rings. The summed E-state index contributed by atoms with van der Waals surface area (Å²) in [6, 6.07) is 18.8. The van der Waals surface area contributed by atoms with E-state index < -0.39 is 0 Å². The minimum absolute atomic E-state index is 0. The molecule has 0 amide bonds. The van der Waals surface area contributed by atoms with Crippen LogP contribution >= 0.6 is 0 Å². The molecular formula is C16H22FeN-5. The Bertz CT molecular complexity index is 352. The number of quaternary nitrogens is 1. The summed E-state index contributed by atoms with van der Waals surface area (Å²) in [5.41, 5.74) is 1.56. The summed E-state index contributed by atoms with van der Waals surface area (Å²) in [6.07, 6.45) is 2.74. The van der Waals surface area contributed by atoms with Gasteiger partial charge in [0.25, 0.3) is 0 Å². The Morgan fingerprint density at radius 2 is 1.39 bits per heavy atom. The first-order chi connectivity index (χ1) is 8.36. The predicted octanol–water partition coefficient (Wildman–Crippen LogP) is 2.20. The minimum Gasteiger partial charge on any atom is -0.748 e. The number of hydrogen-bond acceptors (Lipinski definition) is 0. The van der Waals surface area contributed by atoms with Gasteiger partial charge in [0.05, 0.1) is 20.1 Å². The first-order valence-corrected chi connectivity index (χ1v) is 6.56. The molecule has 0 saturated carbocycles. The van der Waals surface area contributed by atoms with Crippen molar-refractivity contribution >= 4 is 0 Å². The Morgan fingerprint density at radius 3 is 1.83 bits per heavy atom. The van der Waals surface area contributed by atoms with Crippen molar-refractivity contribution in [2.75, 3.05) is 20.1 Å². The summed E-state index contributed by atoms with van der Waals surface area (Å²) < 4.78 is 0. The molecule has 1 nitrogen and oxygen atoms in total. The molecule has 18 heavy (non-hydrogen) atoms. The van der Waals surface area contributed by atoms with Crippen LogP contribution in [0, 0.1) is 0 Å². The fourth-order valence-corrected chi connectivity index (χ4v) is 2.43. The Kier molecular flexibility index (Phi) is 7.04. The maximum Gasteiger partial charge on any atom is 0.0764 e. The summed E-state index contributed by atoms with van der Waals surface area (Å²) in [5, 5.41) is 0. The minimum atomic E-state index is 0. The van der Waals surface area contributed by atoms with Crippen molar-refractivity contribution in [3.63, 3.8) is 0 Å². The zero-order valence-corrected chi connectivity index (χ0v) is 12.1. The normalized spacial score (nSPS) is 22.5. The molecule has 0 radical (unpaired) electrons. The van der Waals surface area contributed by atoms with Crippen LogP contribution in [0.1, 0.15) is 24.3 Å². The van der Waals surface area contributed by atoms with Crippen molar-refractivity contribution in [1.82, 2.24) is 0 Å². The van der Waals surface area contributed by atoms with Crippen molar-refractivity contribution in [3.05, 3.63) is 60.2 Å². The van der Waals surface area contributed by atoms with Crippen molar-refractivity contribution in [2.45, 2.75) is 18.8 Å². The summed E-state index contributed by atoms with van der Waals surface area (Å²) >= 11 is 0. The molecule has 0 atom stereocenters. The molecule has 0 aliphatic carbocycles. The average molecular weight is 284 g/mol. The van der Waals surface area contributed by atoms with E-state index in [4.69, 9.17) is 0 Å². The molecule has 2 aromatic carbocycles. The van der Waals surface area contributed by atoms with Gasteiger partial charge in [-0.2, -0.15) is 17.7 Å². The number of piperidine rings is 1. The fraction of sp³-hybridized carbons (Fsp3) is 0.375. The molecule has 1 aliphatic heterocycles. The molecule has 0 unspecified atom stereocenters. The fourth-order valence-electron chi connectivity index (χ4n) is 2.43. The van der Waals surface area contributed by atoms with Crippen LogP contribution in [0.15, 0.2) is 54.6 Å². The van der Waals surface area contributed by atoms with Gasteiger partial charge in [0.15, 0.2) is 0 Å². The smallest absolute Gasteiger partial charge is 0.0764 e. The van der Waals surface area contributed by atoms with Crippen LogP contribution in [0.2, 0.25) is 0 Å². The largest absolute Gasteiger partial charge is 0.748 e. The molecule has 3 rings (SSSR count). The van der Waals surface area contributed by atoms with E-state index in [2.05, 4.69) is 31.3 Å². The first kappa shape index (κ1) is 15.2. The second-order valence-electron chi connectivity index (χ2n) is 4.91. The number of likely N-dealkylation sites (tertiary alicyclic amines) is 1. The third kappa shape index (κ3) is 4.81. The predicted molar refractivity (Wildman–Crippen MR) is 72.7 cm³/mol. The van der Waals surface area contributed by atoms with E-state index in [0.717, 1.165) is 5.92 Å². The molecule has 1 aliphatic rings. The van der Waals surface area contributed by atoms with Gasteiger partial charge in [-0.05, 0) is 12.8 Å². The maximum atomic E-state index is 2.29. The van der Waals surface area contributed by atoms with Gasteiger partial charge in [0, 0.05) is 17.1 Å². The molecule has 0 spiro atoms. The van der Waals surface area contributed by atoms with Crippen LogP contribution in [0.3, 0.4) is 0 Å². The Balaban J connectivity index is 0.000000230. The zero-order valence-electron chi connectivity index (χ0n) is 11.0. The van der Waals surface area contributed by atoms with Gasteiger partial charge in [-0.3, -0.25) is 0 Å². The summed E-state index contributed by atoms with van der Waals surface area (Å²) in [4.78, 5) is 1.69. The molecule has 1 heterocycles. The quantitative estimate of drug-likeness (QED) is 0.605. The van der Waals surface area contributed by atoms with Gasteiger partial charge in [-0.15, -0.1) is 0 Å². The molecular weight excluding hydrogens is 262 g/mol. The monoisotopic (exact) mass is 284 g/mol. The summed E-state index contributed by atoms with van der Waals surface area (Å²) in [5.74, 6) is 0.851. The first-order valence-electron chi connectivity index (χ1n) is 6.56. The van der Waals surface area contributed by atoms with Crippen molar-refractivity contribution in [2.24, 2.45) is 0 Å². The molecule has 104 valence electrons. The second-order valence-corrected chi connectivity index (χ2v) is 4.91. The standard InChI is InChI=1S/C11H16N.C5H5.Fe/c1-12-8-6-11(7-9-12)10-4-2-3-5-10;1-2-4-5-3-1;/h2-5,11H,6-9H2,1H3;1-5H;/q-1;-5;/p+1. The van der Waals surface area contributed by atoms with E-state index in [0.29, 0.717) is 0 Å². The molecule has 1 saturated heterocycles. The van der Waals surface area contributed by atoms with Crippen LogP contribution in [0.5, 0.6) is 0 Å². The maximum absolute atomic E-state index is 2.29. The number of nitrogens with one attached hydrogen (secondary N) is 1. The summed E-state index contributed by atoms with van der Waals surface area (Å²) in [7, 11) is 2.29. The van der Waals surface area contributed by atoms with Gasteiger partial charge in [0.1, 0.15) is 0 Å². The van der Waals surface area contributed by atoms with Gasteiger partial charge < -0.3 is 35.2 Å². The van der Waals surface area contributed by atoms with E-state index in [1.165, 1.54) is 25.9 Å². The van der Waals surface area contributed by atoms with Crippen LogP contribution in [0.25, 0.3) is 0 Å². The Hall–Kier alpha value is -0.821. The van der Waals surface area contributed by atoms with E-state index in [9.17, 15) is 0 Å². The molecule has 1 fully saturated rings. The van der Waals surface area contributed by atoms with Crippen LogP contribution in [-0.4, -0.2) is 20.1 Å². The number of hydrogen-bond donors (Lipinski definition) is 1. The Labute approximate surface area is 121 Å². The van der Waals surface area contributed by atoms with E-state index in [-0.39, 0.29) is 17.1 Å². The van der Waals surface area contributed by atoms with Gasteiger partial charge in [-0.1, -0.05) is 5.92 Å². The SMILES string of the molecule is C[NH+]1CCC([c-]2cccc2)CC1.[Fe].[cH-]1[cH-][cH-][cH-][cH-]1. The molecule has 0 bridgehead atoms. The average Bonchev–Trinajstić information content (AvgIpc) is 3.06.